The number of benzene rings is 2. The normalized spacial score (nSPS) is 11.9. The maximum absolute atomic E-state index is 10.8. The summed E-state index contributed by atoms with van der Waals surface area (Å²) in [6.45, 7) is 4.61. The Morgan fingerprint density at radius 1 is 1.14 bits per heavy atom. The van der Waals surface area contributed by atoms with Crippen LogP contribution in [0.15, 0.2) is 48.5 Å². The van der Waals surface area contributed by atoms with Crippen LogP contribution in [0.1, 0.15) is 25.5 Å². The van der Waals surface area contributed by atoms with Crippen LogP contribution in [0.25, 0.3) is 11.1 Å². The summed E-state index contributed by atoms with van der Waals surface area (Å²) < 4.78 is 10.9. The summed E-state index contributed by atoms with van der Waals surface area (Å²) in [4.78, 5) is 10.8. The molecule has 0 heterocycles. The highest BCUT2D eigenvalue weighted by Crippen LogP contribution is 2.26. The Labute approximate surface area is 130 Å². The second kappa shape index (κ2) is 7.61. The molecule has 0 aliphatic heterocycles. The van der Waals surface area contributed by atoms with Crippen LogP contribution in [0.3, 0.4) is 0 Å². The molecule has 2 rings (SSSR count). The van der Waals surface area contributed by atoms with Gasteiger partial charge in [-0.1, -0.05) is 36.4 Å². The molecule has 0 unspecified atom stereocenters. The molecule has 4 nitrogen and oxygen atoms in total. The summed E-state index contributed by atoms with van der Waals surface area (Å²) >= 11 is 0. The van der Waals surface area contributed by atoms with Crippen LogP contribution < -0.4 is 10.5 Å². The van der Waals surface area contributed by atoms with E-state index in [2.05, 4.69) is 24.3 Å². The molecule has 4 heteroatoms. The van der Waals surface area contributed by atoms with Gasteiger partial charge in [-0.15, -0.1) is 0 Å². The third-order valence-electron chi connectivity index (χ3n) is 3.35. The highest BCUT2D eigenvalue weighted by Gasteiger charge is 2.06. The lowest BCUT2D eigenvalue weighted by Gasteiger charge is -2.13. The molecule has 0 saturated carbocycles. The lowest BCUT2D eigenvalue weighted by molar-refractivity contribution is -0.119. The molecular weight excluding hydrogens is 278 g/mol. The quantitative estimate of drug-likeness (QED) is 0.853. The summed E-state index contributed by atoms with van der Waals surface area (Å²) in [5, 5.41) is 0. The van der Waals surface area contributed by atoms with E-state index in [1.165, 1.54) is 0 Å². The molecule has 2 aromatic rings. The van der Waals surface area contributed by atoms with Crippen LogP contribution in [0, 0.1) is 0 Å². The molecule has 116 valence electrons. The molecular formula is C18H21NO3. The number of carbonyl (C=O) groups is 1. The molecule has 0 radical (unpaired) electrons. The topological polar surface area (TPSA) is 61.6 Å². The van der Waals surface area contributed by atoms with Crippen molar-refractivity contribution in [2.24, 2.45) is 5.73 Å². The van der Waals surface area contributed by atoms with E-state index in [0.29, 0.717) is 12.4 Å². The molecule has 2 aromatic carbocycles. The number of nitrogens with two attached hydrogens (primary N) is 1. The van der Waals surface area contributed by atoms with Crippen molar-refractivity contribution in [2.45, 2.75) is 20.0 Å². The molecule has 0 spiro atoms. The first-order valence-corrected chi connectivity index (χ1v) is 7.33. The van der Waals surface area contributed by atoms with Crippen LogP contribution in [0.5, 0.6) is 5.75 Å². The number of hydrogen-bond acceptors (Lipinski definition) is 3. The van der Waals surface area contributed by atoms with Crippen LogP contribution in [-0.2, 0) is 9.53 Å². The molecule has 1 amide bonds. The van der Waals surface area contributed by atoms with Gasteiger partial charge in [0.1, 0.15) is 5.75 Å². The van der Waals surface area contributed by atoms with Crippen molar-refractivity contribution in [1.29, 1.82) is 0 Å². The van der Waals surface area contributed by atoms with Gasteiger partial charge in [-0.3, -0.25) is 4.79 Å². The molecule has 0 aliphatic carbocycles. The van der Waals surface area contributed by atoms with E-state index in [1.807, 2.05) is 32.0 Å². The van der Waals surface area contributed by atoms with Gasteiger partial charge in [0.2, 0.25) is 0 Å². The SMILES string of the molecule is CCO[C@H](C)c1ccc(-c2cccc(OCC(N)=O)c2)cc1. The maximum atomic E-state index is 10.8. The second-order valence-corrected chi connectivity index (χ2v) is 5.00. The van der Waals surface area contributed by atoms with Gasteiger partial charge in [-0.25, -0.2) is 0 Å². The van der Waals surface area contributed by atoms with E-state index >= 15 is 0 Å². The minimum atomic E-state index is -0.486. The molecule has 0 saturated heterocycles. The number of amides is 1. The second-order valence-electron chi connectivity index (χ2n) is 5.00. The van der Waals surface area contributed by atoms with E-state index in [4.69, 9.17) is 15.2 Å². The third kappa shape index (κ3) is 4.33. The molecule has 0 fully saturated rings. The summed E-state index contributed by atoms with van der Waals surface area (Å²) in [6.07, 6.45) is 0.0873. The highest BCUT2D eigenvalue weighted by molar-refractivity contribution is 5.75. The number of hydrogen-bond donors (Lipinski definition) is 1. The monoisotopic (exact) mass is 299 g/mol. The fraction of sp³-hybridized carbons (Fsp3) is 0.278. The standard InChI is InChI=1S/C18H21NO3/c1-3-21-13(2)14-7-9-15(10-8-14)16-5-4-6-17(11-16)22-12-18(19)20/h4-11,13H,3,12H2,1-2H3,(H2,19,20)/t13-/m1/s1. The Kier molecular flexibility index (Phi) is 5.55. The molecule has 22 heavy (non-hydrogen) atoms. The Balaban J connectivity index is 2.14. The number of rotatable bonds is 7. The van der Waals surface area contributed by atoms with Crippen LogP contribution in [-0.4, -0.2) is 19.1 Å². The van der Waals surface area contributed by atoms with Crippen molar-refractivity contribution >= 4 is 5.91 Å². The largest absolute Gasteiger partial charge is 0.484 e. The molecule has 0 bridgehead atoms. The predicted octanol–water partition coefficient (Wildman–Crippen LogP) is 3.32. The van der Waals surface area contributed by atoms with Gasteiger partial charge >= 0.3 is 0 Å². The van der Waals surface area contributed by atoms with Crippen molar-refractivity contribution in [1.82, 2.24) is 0 Å². The lowest BCUT2D eigenvalue weighted by Crippen LogP contribution is -2.19. The zero-order valence-electron chi connectivity index (χ0n) is 12.9. The summed E-state index contributed by atoms with van der Waals surface area (Å²) in [7, 11) is 0. The average Bonchev–Trinajstić information content (AvgIpc) is 2.53. The van der Waals surface area contributed by atoms with Crippen LogP contribution in [0.2, 0.25) is 0 Å². The van der Waals surface area contributed by atoms with Gasteiger partial charge in [0.25, 0.3) is 5.91 Å². The zero-order chi connectivity index (χ0) is 15.9. The van der Waals surface area contributed by atoms with E-state index in [1.54, 1.807) is 6.07 Å². The highest BCUT2D eigenvalue weighted by atomic mass is 16.5. The Morgan fingerprint density at radius 3 is 2.50 bits per heavy atom. The smallest absolute Gasteiger partial charge is 0.255 e. The van der Waals surface area contributed by atoms with Gasteiger partial charge in [0.15, 0.2) is 6.61 Å². The molecule has 0 aromatic heterocycles. The number of ether oxygens (including phenoxy) is 2. The predicted molar refractivity (Wildman–Crippen MR) is 86.6 cm³/mol. The minimum absolute atomic E-state index is 0.0873. The van der Waals surface area contributed by atoms with E-state index in [-0.39, 0.29) is 12.7 Å². The van der Waals surface area contributed by atoms with Crippen molar-refractivity contribution < 1.29 is 14.3 Å². The van der Waals surface area contributed by atoms with E-state index in [0.717, 1.165) is 16.7 Å². The van der Waals surface area contributed by atoms with Gasteiger partial charge in [-0.2, -0.15) is 0 Å². The molecule has 2 N–H and O–H groups in total. The summed E-state index contributed by atoms with van der Waals surface area (Å²) in [6, 6.07) is 15.8. The van der Waals surface area contributed by atoms with Gasteiger partial charge in [0.05, 0.1) is 6.10 Å². The summed E-state index contributed by atoms with van der Waals surface area (Å²) in [5.41, 5.74) is 8.33. The molecule has 1 atom stereocenters. The van der Waals surface area contributed by atoms with E-state index in [9.17, 15) is 4.79 Å². The maximum Gasteiger partial charge on any atom is 0.255 e. The van der Waals surface area contributed by atoms with Gasteiger partial charge < -0.3 is 15.2 Å². The van der Waals surface area contributed by atoms with Crippen molar-refractivity contribution in [3.63, 3.8) is 0 Å². The van der Waals surface area contributed by atoms with Gasteiger partial charge in [0, 0.05) is 6.61 Å². The van der Waals surface area contributed by atoms with Crippen molar-refractivity contribution in [3.8, 4) is 16.9 Å². The fourth-order valence-electron chi connectivity index (χ4n) is 2.21. The third-order valence-corrected chi connectivity index (χ3v) is 3.35. The molecule has 0 aliphatic rings. The first-order valence-electron chi connectivity index (χ1n) is 7.33. The van der Waals surface area contributed by atoms with Crippen LogP contribution in [0.4, 0.5) is 0 Å². The summed E-state index contributed by atoms with van der Waals surface area (Å²) in [5.74, 6) is 0.141. The Bertz CT molecular complexity index is 622. The number of primary amides is 1. The van der Waals surface area contributed by atoms with Crippen LogP contribution >= 0.6 is 0 Å². The minimum Gasteiger partial charge on any atom is -0.484 e. The van der Waals surface area contributed by atoms with Crippen molar-refractivity contribution in [3.05, 3.63) is 54.1 Å². The zero-order valence-corrected chi connectivity index (χ0v) is 12.9. The first-order chi connectivity index (χ1) is 10.6. The Hall–Kier alpha value is -2.33. The first kappa shape index (κ1) is 16.0. The van der Waals surface area contributed by atoms with E-state index < -0.39 is 5.91 Å². The fourth-order valence-corrected chi connectivity index (χ4v) is 2.21. The lowest BCUT2D eigenvalue weighted by atomic mass is 10.0. The van der Waals surface area contributed by atoms with Crippen molar-refractivity contribution in [2.75, 3.05) is 13.2 Å². The Morgan fingerprint density at radius 2 is 1.86 bits per heavy atom. The average molecular weight is 299 g/mol. The van der Waals surface area contributed by atoms with Gasteiger partial charge in [-0.05, 0) is 42.7 Å². The number of carbonyl (C=O) groups excluding carboxylic acids is 1.